The average molecular weight is 371 g/mol. The van der Waals surface area contributed by atoms with Crippen LogP contribution >= 0.6 is 23.2 Å². The number of carbonyl (C=O) groups excluding carboxylic acids is 1. The van der Waals surface area contributed by atoms with Crippen LogP contribution in [0.3, 0.4) is 0 Å². The highest BCUT2D eigenvalue weighted by atomic mass is 35.5. The summed E-state index contributed by atoms with van der Waals surface area (Å²) < 4.78 is 0. The number of rotatable bonds is 1. The Kier molecular flexibility index (Phi) is 4.13. The van der Waals surface area contributed by atoms with Gasteiger partial charge in [0.2, 0.25) is 0 Å². The molecule has 0 saturated heterocycles. The van der Waals surface area contributed by atoms with E-state index in [0.29, 0.717) is 23.5 Å². The van der Waals surface area contributed by atoms with E-state index in [2.05, 4.69) is 13.8 Å². The van der Waals surface area contributed by atoms with Gasteiger partial charge in [-0.05, 0) is 80.5 Å². The third kappa shape index (κ3) is 2.10. The summed E-state index contributed by atoms with van der Waals surface area (Å²) in [4.78, 5) is 12.0. The van der Waals surface area contributed by atoms with Gasteiger partial charge in [0, 0.05) is 5.92 Å². The van der Waals surface area contributed by atoms with Crippen LogP contribution in [0, 0.1) is 34.5 Å². The smallest absolute Gasteiger partial charge is 0.133 e. The van der Waals surface area contributed by atoms with Gasteiger partial charge in [-0.2, -0.15) is 0 Å². The van der Waals surface area contributed by atoms with Crippen LogP contribution in [0.15, 0.2) is 0 Å². The molecule has 0 aromatic rings. The molecule has 0 amide bonds. The van der Waals surface area contributed by atoms with Crippen molar-refractivity contribution in [3.05, 3.63) is 0 Å². The Bertz CT molecular complexity index is 548. The van der Waals surface area contributed by atoms with Crippen molar-refractivity contribution in [2.24, 2.45) is 34.5 Å². The van der Waals surface area contributed by atoms with E-state index in [0.717, 1.165) is 19.3 Å². The molecule has 4 fully saturated rings. The second-order valence-corrected chi connectivity index (χ2v) is 11.1. The molecule has 4 saturated carbocycles. The normalized spacial score (nSPS) is 57.0. The van der Waals surface area contributed by atoms with Crippen molar-refractivity contribution < 1.29 is 4.79 Å². The fourth-order valence-corrected chi connectivity index (χ4v) is 8.90. The molecular weight excluding hydrogens is 339 g/mol. The fraction of sp³-hybridized carbons (Fsp3) is 0.952. The molecule has 0 spiro atoms. The lowest BCUT2D eigenvalue weighted by atomic mass is 9.44. The van der Waals surface area contributed by atoms with E-state index in [-0.39, 0.29) is 27.0 Å². The van der Waals surface area contributed by atoms with Crippen LogP contribution in [0.5, 0.6) is 0 Å². The summed E-state index contributed by atoms with van der Waals surface area (Å²) >= 11 is 14.2. The lowest BCUT2D eigenvalue weighted by Crippen LogP contribution is -2.63. The highest BCUT2D eigenvalue weighted by Gasteiger charge is 2.66. The Labute approximate surface area is 157 Å². The zero-order valence-corrected chi connectivity index (χ0v) is 16.9. The zero-order valence-electron chi connectivity index (χ0n) is 15.4. The third-order valence-electron chi connectivity index (χ3n) is 9.16. The van der Waals surface area contributed by atoms with Crippen molar-refractivity contribution >= 4 is 29.0 Å². The predicted molar refractivity (Wildman–Crippen MR) is 101 cm³/mol. The molecule has 8 atom stereocenters. The van der Waals surface area contributed by atoms with Gasteiger partial charge in [0.15, 0.2) is 0 Å². The van der Waals surface area contributed by atoms with Crippen molar-refractivity contribution in [3.63, 3.8) is 0 Å². The molecule has 0 aromatic heterocycles. The Hall–Kier alpha value is 0.250. The number of ketones is 1. The minimum atomic E-state index is -0.208. The number of carbonyl (C=O) groups is 1. The van der Waals surface area contributed by atoms with Gasteiger partial charge >= 0.3 is 0 Å². The molecule has 1 nitrogen and oxygen atoms in total. The number of hydrogen-bond acceptors (Lipinski definition) is 1. The number of alkyl halides is 2. The molecular formula is C21H32Cl2O. The van der Waals surface area contributed by atoms with Crippen molar-refractivity contribution in [3.8, 4) is 0 Å². The SMILES string of the molecule is CC(=O)[C@H]1CC[C@H]2[C@@H]3CC(Cl)C4(Cl)CCCC[C@]4(C)[C@H]3CC[C@]12C. The van der Waals surface area contributed by atoms with Gasteiger partial charge in [-0.1, -0.05) is 26.7 Å². The van der Waals surface area contributed by atoms with E-state index < -0.39 is 0 Å². The molecule has 0 heterocycles. The summed E-state index contributed by atoms with van der Waals surface area (Å²) in [5.74, 6) is 2.73. The predicted octanol–water partition coefficient (Wildman–Crippen LogP) is 6.20. The lowest BCUT2D eigenvalue weighted by molar-refractivity contribution is -0.131. The van der Waals surface area contributed by atoms with Gasteiger partial charge in [0.05, 0.1) is 10.3 Å². The van der Waals surface area contributed by atoms with Crippen LogP contribution in [-0.2, 0) is 4.79 Å². The average Bonchev–Trinajstić information content (AvgIpc) is 2.87. The Balaban J connectivity index is 1.70. The molecule has 0 aliphatic heterocycles. The molecule has 136 valence electrons. The Morgan fingerprint density at radius 2 is 1.71 bits per heavy atom. The Morgan fingerprint density at radius 1 is 1.00 bits per heavy atom. The maximum atomic E-state index is 12.2. The van der Waals surface area contributed by atoms with Crippen molar-refractivity contribution in [2.75, 3.05) is 0 Å². The van der Waals surface area contributed by atoms with Crippen LogP contribution in [0.1, 0.15) is 78.6 Å². The van der Waals surface area contributed by atoms with Gasteiger partial charge in [-0.25, -0.2) is 0 Å². The second kappa shape index (κ2) is 5.62. The fourth-order valence-electron chi connectivity index (χ4n) is 7.88. The minimum absolute atomic E-state index is 0.0874. The molecule has 0 bridgehead atoms. The van der Waals surface area contributed by atoms with Crippen LogP contribution in [-0.4, -0.2) is 16.0 Å². The quantitative estimate of drug-likeness (QED) is 0.501. The first-order chi connectivity index (χ1) is 11.2. The summed E-state index contributed by atoms with van der Waals surface area (Å²) in [5, 5.41) is 0.0874. The van der Waals surface area contributed by atoms with Crippen molar-refractivity contribution in [1.82, 2.24) is 0 Å². The van der Waals surface area contributed by atoms with E-state index in [4.69, 9.17) is 23.2 Å². The van der Waals surface area contributed by atoms with Crippen LogP contribution in [0.2, 0.25) is 0 Å². The highest BCUT2D eigenvalue weighted by molar-refractivity contribution is 6.33. The van der Waals surface area contributed by atoms with Gasteiger partial charge in [-0.15, -0.1) is 23.2 Å². The van der Waals surface area contributed by atoms with Crippen LogP contribution in [0.25, 0.3) is 0 Å². The first-order valence-corrected chi connectivity index (χ1v) is 10.9. The molecule has 0 aromatic carbocycles. The zero-order chi connectivity index (χ0) is 17.3. The van der Waals surface area contributed by atoms with Gasteiger partial charge in [0.1, 0.15) is 5.78 Å². The van der Waals surface area contributed by atoms with E-state index in [1.165, 1.54) is 38.5 Å². The van der Waals surface area contributed by atoms with E-state index in [1.807, 2.05) is 6.92 Å². The third-order valence-corrected chi connectivity index (χ3v) is 10.7. The summed E-state index contributed by atoms with van der Waals surface area (Å²) in [7, 11) is 0. The monoisotopic (exact) mass is 370 g/mol. The molecule has 4 aliphatic rings. The number of fused-ring (bicyclic) bond motifs is 5. The first kappa shape index (κ1) is 17.7. The highest BCUT2D eigenvalue weighted by Crippen LogP contribution is 2.70. The molecule has 2 unspecified atom stereocenters. The largest absolute Gasteiger partial charge is 0.300 e. The van der Waals surface area contributed by atoms with Crippen LogP contribution < -0.4 is 0 Å². The minimum Gasteiger partial charge on any atom is -0.300 e. The van der Waals surface area contributed by atoms with Gasteiger partial charge in [-0.3, -0.25) is 4.79 Å². The topological polar surface area (TPSA) is 17.1 Å². The molecule has 4 aliphatic carbocycles. The van der Waals surface area contributed by atoms with Crippen LogP contribution in [0.4, 0.5) is 0 Å². The number of Topliss-reactive ketones (excluding diaryl/α,β-unsaturated/α-hetero) is 1. The summed E-state index contributed by atoms with van der Waals surface area (Å²) in [6.07, 6.45) is 10.7. The summed E-state index contributed by atoms with van der Waals surface area (Å²) in [5.41, 5.74) is 0.388. The number of halogens is 2. The maximum Gasteiger partial charge on any atom is 0.133 e. The summed E-state index contributed by atoms with van der Waals surface area (Å²) in [6.45, 7) is 6.66. The standard InChI is InChI=1S/C21H32Cl2O/c1-13(24)15-6-7-16-14-12-18(22)21(23)10-5-4-9-20(21,3)17(14)8-11-19(15,16)2/h14-18H,4-12H2,1-3H3/t14-,15+,16-,17-,18?,19+,20+,21?/m0/s1. The molecule has 4 rings (SSSR count). The van der Waals surface area contributed by atoms with Crippen molar-refractivity contribution in [2.45, 2.75) is 88.8 Å². The molecule has 24 heavy (non-hydrogen) atoms. The second-order valence-electron chi connectivity index (χ2n) is 9.85. The Morgan fingerprint density at radius 3 is 2.42 bits per heavy atom. The molecule has 0 N–H and O–H groups in total. The molecule has 0 radical (unpaired) electrons. The van der Waals surface area contributed by atoms with E-state index >= 15 is 0 Å². The number of hydrogen-bond donors (Lipinski definition) is 0. The van der Waals surface area contributed by atoms with E-state index in [9.17, 15) is 4.79 Å². The van der Waals surface area contributed by atoms with Gasteiger partial charge < -0.3 is 0 Å². The van der Waals surface area contributed by atoms with E-state index in [1.54, 1.807) is 0 Å². The first-order valence-electron chi connectivity index (χ1n) is 10.1. The van der Waals surface area contributed by atoms with Gasteiger partial charge in [0.25, 0.3) is 0 Å². The van der Waals surface area contributed by atoms with Crippen molar-refractivity contribution in [1.29, 1.82) is 0 Å². The summed E-state index contributed by atoms with van der Waals surface area (Å²) in [6, 6.07) is 0. The molecule has 3 heteroatoms. The maximum absolute atomic E-state index is 12.2. The lowest BCUT2D eigenvalue weighted by Gasteiger charge is -2.64.